The molecule has 0 fully saturated rings. The topological polar surface area (TPSA) is 3.24 Å². The molecule has 0 radical (unpaired) electrons. The van der Waals surface area contributed by atoms with Crippen molar-refractivity contribution in [2.24, 2.45) is 0 Å². The Labute approximate surface area is 141 Å². The third-order valence-corrected chi connectivity index (χ3v) is 5.06. The van der Waals surface area contributed by atoms with Crippen LogP contribution in [0.3, 0.4) is 0 Å². The van der Waals surface area contributed by atoms with E-state index in [4.69, 9.17) is 0 Å². The lowest BCUT2D eigenvalue weighted by Gasteiger charge is -2.28. The Hall–Kier alpha value is -2.45. The summed E-state index contributed by atoms with van der Waals surface area (Å²) in [6.07, 6.45) is 2.24. The van der Waals surface area contributed by atoms with E-state index in [9.17, 15) is 0 Å². The molecule has 0 saturated heterocycles. The van der Waals surface area contributed by atoms with Gasteiger partial charge >= 0.3 is 0 Å². The summed E-state index contributed by atoms with van der Waals surface area (Å²) in [7, 11) is 0. The molecular formula is C21H17NS. The highest BCUT2D eigenvalue weighted by atomic mass is 32.2. The second-order valence-corrected chi connectivity index (χ2v) is 6.67. The van der Waals surface area contributed by atoms with Crippen LogP contribution in [0.4, 0.5) is 5.69 Å². The average molecular weight is 315 g/mol. The molecule has 23 heavy (non-hydrogen) atoms. The first-order valence-electron chi connectivity index (χ1n) is 7.72. The molecule has 0 saturated carbocycles. The van der Waals surface area contributed by atoms with Crippen molar-refractivity contribution in [1.82, 2.24) is 0 Å². The Morgan fingerprint density at radius 3 is 2.22 bits per heavy atom. The standard InChI is InChI=1S/C21H17NS/c1-16-11-13-18(14-12-16)22-15-20(17-7-3-2-4-8-17)19-9-5-6-10-21(19)23-22/h2-15H,1H3. The van der Waals surface area contributed by atoms with Gasteiger partial charge in [-0.15, -0.1) is 0 Å². The number of anilines is 1. The molecule has 3 aromatic carbocycles. The van der Waals surface area contributed by atoms with Crippen molar-refractivity contribution in [3.05, 3.63) is 102 Å². The van der Waals surface area contributed by atoms with Crippen LogP contribution in [0.2, 0.25) is 0 Å². The van der Waals surface area contributed by atoms with Crippen molar-refractivity contribution in [3.8, 4) is 0 Å². The summed E-state index contributed by atoms with van der Waals surface area (Å²) in [4.78, 5) is 1.29. The minimum Gasteiger partial charge on any atom is -0.287 e. The molecule has 2 heteroatoms. The molecule has 0 aromatic heterocycles. The molecule has 112 valence electrons. The lowest BCUT2D eigenvalue weighted by Crippen LogP contribution is -2.12. The van der Waals surface area contributed by atoms with Crippen LogP contribution < -0.4 is 4.31 Å². The van der Waals surface area contributed by atoms with Gasteiger partial charge in [0, 0.05) is 16.7 Å². The van der Waals surface area contributed by atoms with E-state index >= 15 is 0 Å². The fourth-order valence-corrected chi connectivity index (χ4v) is 3.77. The molecule has 0 aliphatic carbocycles. The van der Waals surface area contributed by atoms with Gasteiger partial charge in [0.2, 0.25) is 0 Å². The molecule has 0 spiro atoms. The average Bonchev–Trinajstić information content (AvgIpc) is 2.62. The van der Waals surface area contributed by atoms with Gasteiger partial charge in [0.1, 0.15) is 0 Å². The number of nitrogens with zero attached hydrogens (tertiary/aromatic N) is 1. The molecule has 0 amide bonds. The molecule has 4 rings (SSSR count). The first-order chi connectivity index (χ1) is 11.3. The number of aryl methyl sites for hydroxylation is 1. The molecule has 0 atom stereocenters. The van der Waals surface area contributed by atoms with Crippen molar-refractivity contribution in [3.63, 3.8) is 0 Å². The molecule has 0 N–H and O–H groups in total. The van der Waals surface area contributed by atoms with Crippen LogP contribution in [-0.4, -0.2) is 0 Å². The SMILES string of the molecule is Cc1ccc(N2C=C(c3ccccc3)c3ccccc3S2)cc1. The zero-order chi connectivity index (χ0) is 15.6. The van der Waals surface area contributed by atoms with Crippen LogP contribution in [0.25, 0.3) is 5.57 Å². The smallest absolute Gasteiger partial charge is 0.0522 e. The van der Waals surface area contributed by atoms with Crippen molar-refractivity contribution in [2.45, 2.75) is 11.8 Å². The van der Waals surface area contributed by atoms with E-state index in [-0.39, 0.29) is 0 Å². The maximum absolute atomic E-state index is 2.25. The first-order valence-corrected chi connectivity index (χ1v) is 8.49. The summed E-state index contributed by atoms with van der Waals surface area (Å²) in [6.45, 7) is 2.12. The quantitative estimate of drug-likeness (QED) is 0.541. The van der Waals surface area contributed by atoms with Gasteiger partial charge in [0.05, 0.1) is 5.69 Å². The lowest BCUT2D eigenvalue weighted by atomic mass is 9.98. The van der Waals surface area contributed by atoms with E-state index in [0.717, 1.165) is 0 Å². The van der Waals surface area contributed by atoms with Gasteiger partial charge in [-0.2, -0.15) is 0 Å². The van der Waals surface area contributed by atoms with Gasteiger partial charge in [0.25, 0.3) is 0 Å². The molecule has 1 aliphatic rings. The third kappa shape index (κ3) is 2.78. The Bertz CT molecular complexity index is 851. The number of hydrogen-bond acceptors (Lipinski definition) is 2. The maximum Gasteiger partial charge on any atom is 0.0522 e. The first kappa shape index (κ1) is 14.2. The molecule has 1 heterocycles. The van der Waals surface area contributed by atoms with Crippen LogP contribution >= 0.6 is 11.9 Å². The van der Waals surface area contributed by atoms with E-state index in [1.54, 1.807) is 11.9 Å². The van der Waals surface area contributed by atoms with Gasteiger partial charge in [-0.1, -0.05) is 66.2 Å². The van der Waals surface area contributed by atoms with Crippen LogP contribution in [0.1, 0.15) is 16.7 Å². The number of hydrogen-bond donors (Lipinski definition) is 0. The molecule has 1 nitrogen and oxygen atoms in total. The number of benzene rings is 3. The van der Waals surface area contributed by atoms with Crippen LogP contribution in [0.15, 0.2) is 90.0 Å². The van der Waals surface area contributed by atoms with Gasteiger partial charge in [-0.3, -0.25) is 4.31 Å². The van der Waals surface area contributed by atoms with Crippen molar-refractivity contribution in [1.29, 1.82) is 0 Å². The molecule has 0 bridgehead atoms. The summed E-state index contributed by atoms with van der Waals surface area (Å²) < 4.78 is 2.25. The lowest BCUT2D eigenvalue weighted by molar-refractivity contribution is 1.31. The largest absolute Gasteiger partial charge is 0.287 e. The Kier molecular flexibility index (Phi) is 3.68. The summed E-state index contributed by atoms with van der Waals surface area (Å²) in [5, 5.41) is 0. The number of rotatable bonds is 2. The second kappa shape index (κ2) is 5.98. The zero-order valence-electron chi connectivity index (χ0n) is 12.9. The highest BCUT2D eigenvalue weighted by Crippen LogP contribution is 2.41. The predicted molar refractivity (Wildman–Crippen MR) is 99.5 cm³/mol. The summed E-state index contributed by atoms with van der Waals surface area (Å²) in [6, 6.07) is 27.9. The normalized spacial score (nSPS) is 13.4. The third-order valence-electron chi connectivity index (χ3n) is 3.99. The molecule has 3 aromatic rings. The zero-order valence-corrected chi connectivity index (χ0v) is 13.8. The van der Waals surface area contributed by atoms with E-state index < -0.39 is 0 Å². The van der Waals surface area contributed by atoms with Crippen LogP contribution in [0.5, 0.6) is 0 Å². The van der Waals surface area contributed by atoms with Gasteiger partial charge in [-0.25, -0.2) is 0 Å². The van der Waals surface area contributed by atoms with E-state index in [2.05, 4.69) is 96.3 Å². The fraction of sp³-hybridized carbons (Fsp3) is 0.0476. The summed E-state index contributed by atoms with van der Waals surface area (Å²) >= 11 is 1.77. The van der Waals surface area contributed by atoms with E-state index in [1.165, 1.54) is 32.8 Å². The van der Waals surface area contributed by atoms with Crippen molar-refractivity contribution < 1.29 is 0 Å². The van der Waals surface area contributed by atoms with Crippen molar-refractivity contribution >= 4 is 23.2 Å². The van der Waals surface area contributed by atoms with E-state index in [1.807, 2.05) is 0 Å². The van der Waals surface area contributed by atoms with Crippen LogP contribution in [0, 0.1) is 6.92 Å². The molecular weight excluding hydrogens is 298 g/mol. The minimum atomic E-state index is 1.20. The number of fused-ring (bicyclic) bond motifs is 1. The van der Waals surface area contributed by atoms with Gasteiger partial charge < -0.3 is 0 Å². The predicted octanol–water partition coefficient (Wildman–Crippen LogP) is 5.91. The van der Waals surface area contributed by atoms with Crippen molar-refractivity contribution in [2.75, 3.05) is 4.31 Å². The summed E-state index contributed by atoms with van der Waals surface area (Å²) in [5.41, 5.74) is 6.29. The monoisotopic (exact) mass is 315 g/mol. The Balaban J connectivity index is 1.84. The highest BCUT2D eigenvalue weighted by Gasteiger charge is 2.20. The van der Waals surface area contributed by atoms with Gasteiger partial charge in [-0.05, 0) is 48.2 Å². The maximum atomic E-state index is 2.25. The minimum absolute atomic E-state index is 1.20. The Morgan fingerprint density at radius 2 is 1.43 bits per heavy atom. The summed E-state index contributed by atoms with van der Waals surface area (Å²) in [5.74, 6) is 0. The second-order valence-electron chi connectivity index (χ2n) is 5.66. The molecule has 0 unspecified atom stereocenters. The van der Waals surface area contributed by atoms with E-state index in [0.29, 0.717) is 0 Å². The highest BCUT2D eigenvalue weighted by molar-refractivity contribution is 8.01. The fourth-order valence-electron chi connectivity index (χ4n) is 2.75. The van der Waals surface area contributed by atoms with Gasteiger partial charge in [0.15, 0.2) is 0 Å². The van der Waals surface area contributed by atoms with Crippen LogP contribution in [-0.2, 0) is 0 Å². The Morgan fingerprint density at radius 1 is 0.739 bits per heavy atom. The molecule has 1 aliphatic heterocycles.